The maximum absolute atomic E-state index is 12.1. The number of thiazole rings is 1. The van der Waals surface area contributed by atoms with Crippen molar-refractivity contribution in [1.29, 1.82) is 0 Å². The van der Waals surface area contributed by atoms with E-state index in [1.54, 1.807) is 6.20 Å². The number of rotatable bonds is 5. The summed E-state index contributed by atoms with van der Waals surface area (Å²) < 4.78 is 49.3. The molecule has 0 fully saturated rings. The second kappa shape index (κ2) is 5.84. The molecule has 0 spiro atoms. The van der Waals surface area contributed by atoms with E-state index in [9.17, 15) is 16.8 Å². The summed E-state index contributed by atoms with van der Waals surface area (Å²) in [4.78, 5) is 4.96. The first-order valence-electron chi connectivity index (χ1n) is 5.89. The van der Waals surface area contributed by atoms with Crippen LogP contribution in [0.1, 0.15) is 9.88 Å². The molecule has 0 aliphatic rings. The third-order valence-corrected chi connectivity index (χ3v) is 6.13. The Kier molecular flexibility index (Phi) is 4.47. The molecule has 1 aromatic carbocycles. The van der Waals surface area contributed by atoms with E-state index in [0.29, 0.717) is 0 Å². The molecule has 1 heterocycles. The lowest BCUT2D eigenvalue weighted by molar-refractivity contribution is 0.581. The van der Waals surface area contributed by atoms with Crippen LogP contribution in [-0.4, -0.2) is 28.1 Å². The number of hydrogen-bond donors (Lipinski definition) is 1. The zero-order valence-electron chi connectivity index (χ0n) is 11.4. The molecule has 0 amide bonds. The summed E-state index contributed by atoms with van der Waals surface area (Å²) in [5.74, 6) is 0. The highest BCUT2D eigenvalue weighted by Gasteiger charge is 2.15. The van der Waals surface area contributed by atoms with Gasteiger partial charge in [0.05, 0.1) is 14.8 Å². The van der Waals surface area contributed by atoms with Gasteiger partial charge in [-0.15, -0.1) is 11.3 Å². The molecule has 0 bridgehead atoms. The van der Waals surface area contributed by atoms with Gasteiger partial charge in [-0.3, -0.25) is 0 Å². The maximum Gasteiger partial charge on any atom is 0.240 e. The van der Waals surface area contributed by atoms with Gasteiger partial charge >= 0.3 is 0 Å². The number of nitrogens with zero attached hydrogens (tertiary/aromatic N) is 1. The topological polar surface area (TPSA) is 93.2 Å². The highest BCUT2D eigenvalue weighted by Crippen LogP contribution is 2.16. The fraction of sp³-hybridized carbons (Fsp3) is 0.250. The first kappa shape index (κ1) is 16.1. The molecule has 1 aromatic heterocycles. The van der Waals surface area contributed by atoms with E-state index in [4.69, 9.17) is 0 Å². The fourth-order valence-electron chi connectivity index (χ4n) is 1.60. The summed E-state index contributed by atoms with van der Waals surface area (Å²) in [7, 11) is -7.02. The minimum atomic E-state index is -3.68. The third-order valence-electron chi connectivity index (χ3n) is 2.67. The summed E-state index contributed by atoms with van der Waals surface area (Å²) in [6.45, 7) is 1.99. The molecule has 0 unspecified atom stereocenters. The van der Waals surface area contributed by atoms with Gasteiger partial charge < -0.3 is 0 Å². The van der Waals surface area contributed by atoms with Crippen molar-refractivity contribution in [2.24, 2.45) is 0 Å². The minimum Gasteiger partial charge on any atom is -0.250 e. The van der Waals surface area contributed by atoms with Crippen molar-refractivity contribution in [2.45, 2.75) is 23.3 Å². The van der Waals surface area contributed by atoms with Crippen LogP contribution in [0.2, 0.25) is 0 Å². The molecule has 114 valence electrons. The molecule has 21 heavy (non-hydrogen) atoms. The predicted molar refractivity (Wildman–Crippen MR) is 80.4 cm³/mol. The van der Waals surface area contributed by atoms with E-state index < -0.39 is 19.9 Å². The Morgan fingerprint density at radius 3 is 2.14 bits per heavy atom. The normalized spacial score (nSPS) is 12.5. The van der Waals surface area contributed by atoms with Crippen LogP contribution in [0.15, 0.2) is 40.3 Å². The van der Waals surface area contributed by atoms with Gasteiger partial charge in [-0.2, -0.15) is 0 Å². The average molecular weight is 346 g/mol. The monoisotopic (exact) mass is 346 g/mol. The molecule has 1 N–H and O–H groups in total. The quantitative estimate of drug-likeness (QED) is 0.882. The van der Waals surface area contributed by atoms with E-state index in [1.165, 1.54) is 35.6 Å². The van der Waals surface area contributed by atoms with Crippen LogP contribution in [0.25, 0.3) is 0 Å². The van der Waals surface area contributed by atoms with Crippen LogP contribution in [0, 0.1) is 6.92 Å². The Hall–Kier alpha value is -1.29. The van der Waals surface area contributed by atoms with E-state index in [-0.39, 0.29) is 16.3 Å². The zero-order chi connectivity index (χ0) is 15.7. The Morgan fingerprint density at radius 1 is 1.10 bits per heavy atom. The second-order valence-electron chi connectivity index (χ2n) is 4.41. The van der Waals surface area contributed by atoms with Gasteiger partial charge in [0.1, 0.15) is 0 Å². The van der Waals surface area contributed by atoms with Crippen molar-refractivity contribution in [3.8, 4) is 0 Å². The van der Waals surface area contributed by atoms with Gasteiger partial charge in [-0.05, 0) is 31.2 Å². The Bertz CT molecular complexity index is 837. The van der Waals surface area contributed by atoms with Crippen molar-refractivity contribution < 1.29 is 16.8 Å². The van der Waals surface area contributed by atoms with Crippen LogP contribution in [0.4, 0.5) is 0 Å². The number of sulfone groups is 1. The van der Waals surface area contributed by atoms with E-state index in [0.717, 1.165) is 16.1 Å². The minimum absolute atomic E-state index is 0.0242. The highest BCUT2D eigenvalue weighted by molar-refractivity contribution is 7.90. The SMILES string of the molecule is Cc1ncc(CNS(=O)(=O)c2ccc(S(C)(=O)=O)cc2)s1. The fourth-order valence-corrected chi connectivity index (χ4v) is 4.07. The Balaban J connectivity index is 2.16. The maximum atomic E-state index is 12.1. The van der Waals surface area contributed by atoms with E-state index in [2.05, 4.69) is 9.71 Å². The highest BCUT2D eigenvalue weighted by atomic mass is 32.2. The summed E-state index contributed by atoms with van der Waals surface area (Å²) in [5.41, 5.74) is 0. The van der Waals surface area contributed by atoms with E-state index >= 15 is 0 Å². The largest absolute Gasteiger partial charge is 0.250 e. The zero-order valence-corrected chi connectivity index (χ0v) is 13.8. The van der Waals surface area contributed by atoms with Gasteiger partial charge in [0.15, 0.2) is 9.84 Å². The lowest BCUT2D eigenvalue weighted by Gasteiger charge is -2.06. The summed E-state index contributed by atoms with van der Waals surface area (Å²) in [5, 5.41) is 0.863. The van der Waals surface area contributed by atoms with Crippen LogP contribution >= 0.6 is 11.3 Å². The molecule has 0 saturated heterocycles. The summed E-state index contributed by atoms with van der Waals surface area (Å²) in [6.07, 6.45) is 2.69. The lowest BCUT2D eigenvalue weighted by atomic mass is 10.4. The summed E-state index contributed by atoms with van der Waals surface area (Å²) in [6, 6.07) is 5.11. The number of aryl methyl sites for hydroxylation is 1. The third kappa shape index (κ3) is 4.10. The second-order valence-corrected chi connectivity index (χ2v) is 9.52. The van der Waals surface area contributed by atoms with Gasteiger partial charge in [0.2, 0.25) is 10.0 Å². The van der Waals surface area contributed by atoms with Gasteiger partial charge in [-0.1, -0.05) is 0 Å². The standard InChI is InChI=1S/C12H14N2O4S3/c1-9-13-7-10(19-9)8-14-21(17,18)12-5-3-11(4-6-12)20(2,15)16/h3-7,14H,8H2,1-2H3. The first-order valence-corrected chi connectivity index (χ1v) is 10.1. The van der Waals surface area contributed by atoms with Crippen molar-refractivity contribution in [3.63, 3.8) is 0 Å². The average Bonchev–Trinajstić information content (AvgIpc) is 2.82. The molecule has 0 saturated carbocycles. The van der Waals surface area contributed by atoms with Crippen LogP contribution in [0.3, 0.4) is 0 Å². The van der Waals surface area contributed by atoms with Crippen molar-refractivity contribution >= 4 is 31.2 Å². The molecular formula is C12H14N2O4S3. The number of aromatic nitrogens is 1. The van der Waals surface area contributed by atoms with Gasteiger partial charge in [0, 0.05) is 23.9 Å². The summed E-state index contributed by atoms with van der Waals surface area (Å²) >= 11 is 1.41. The molecule has 0 aliphatic carbocycles. The Morgan fingerprint density at radius 2 is 1.67 bits per heavy atom. The molecule has 9 heteroatoms. The Labute approximate surface area is 127 Å². The van der Waals surface area contributed by atoms with Gasteiger partial charge in [-0.25, -0.2) is 26.5 Å². The number of hydrogen-bond acceptors (Lipinski definition) is 6. The van der Waals surface area contributed by atoms with Crippen LogP contribution in [-0.2, 0) is 26.4 Å². The van der Waals surface area contributed by atoms with E-state index in [1.807, 2.05) is 6.92 Å². The van der Waals surface area contributed by atoms with Crippen molar-refractivity contribution in [1.82, 2.24) is 9.71 Å². The van der Waals surface area contributed by atoms with Crippen LogP contribution < -0.4 is 4.72 Å². The number of benzene rings is 1. The lowest BCUT2D eigenvalue weighted by Crippen LogP contribution is -2.22. The smallest absolute Gasteiger partial charge is 0.240 e. The molecule has 2 rings (SSSR count). The molecular weight excluding hydrogens is 332 g/mol. The molecule has 0 aliphatic heterocycles. The molecule has 0 atom stereocenters. The van der Waals surface area contributed by atoms with Crippen molar-refractivity contribution in [3.05, 3.63) is 40.3 Å². The van der Waals surface area contributed by atoms with Gasteiger partial charge in [0.25, 0.3) is 0 Å². The number of nitrogens with one attached hydrogen (secondary N) is 1. The first-order chi connectivity index (χ1) is 9.68. The van der Waals surface area contributed by atoms with Crippen molar-refractivity contribution in [2.75, 3.05) is 6.26 Å². The molecule has 6 nitrogen and oxygen atoms in total. The predicted octanol–water partition coefficient (Wildman–Crippen LogP) is 1.33. The molecule has 2 aromatic rings. The number of sulfonamides is 1. The molecule has 0 radical (unpaired) electrons. The van der Waals surface area contributed by atoms with Crippen LogP contribution in [0.5, 0.6) is 0 Å².